The monoisotopic (exact) mass is 633 g/mol. The van der Waals surface area contributed by atoms with E-state index in [9.17, 15) is 0 Å². The summed E-state index contributed by atoms with van der Waals surface area (Å²) in [7, 11) is 0. The van der Waals surface area contributed by atoms with Crippen LogP contribution < -0.4 is 4.90 Å². The summed E-state index contributed by atoms with van der Waals surface area (Å²) in [4.78, 5) is 2.54. The highest BCUT2D eigenvalue weighted by Gasteiger charge is 2.38. The second kappa shape index (κ2) is 10.3. The van der Waals surface area contributed by atoms with E-state index in [1.807, 2.05) is 0 Å². The topological polar surface area (TPSA) is 3.24 Å². The molecule has 10 rings (SSSR count). The van der Waals surface area contributed by atoms with E-state index in [4.69, 9.17) is 0 Å². The third-order valence-electron chi connectivity index (χ3n) is 12.8. The van der Waals surface area contributed by atoms with Crippen LogP contribution in [-0.2, 0) is 10.8 Å². The van der Waals surface area contributed by atoms with Crippen molar-refractivity contribution >= 4 is 17.1 Å². The van der Waals surface area contributed by atoms with Gasteiger partial charge < -0.3 is 4.90 Å². The largest absolute Gasteiger partial charge is 0.310 e. The van der Waals surface area contributed by atoms with E-state index in [1.54, 1.807) is 5.56 Å². The number of benzene rings is 6. The van der Waals surface area contributed by atoms with Gasteiger partial charge >= 0.3 is 0 Å². The van der Waals surface area contributed by atoms with Gasteiger partial charge in [-0.25, -0.2) is 0 Å². The lowest BCUT2D eigenvalue weighted by Crippen LogP contribution is -2.18. The van der Waals surface area contributed by atoms with E-state index in [0.717, 1.165) is 0 Å². The maximum atomic E-state index is 2.54. The number of fused-ring (bicyclic) bond motifs is 13. The summed E-state index contributed by atoms with van der Waals surface area (Å²) >= 11 is 0. The van der Waals surface area contributed by atoms with Crippen molar-refractivity contribution in [1.29, 1.82) is 0 Å². The first kappa shape index (κ1) is 29.1. The van der Waals surface area contributed by atoms with Gasteiger partial charge in [-0.05, 0) is 134 Å². The fourth-order valence-electron chi connectivity index (χ4n) is 10.2. The van der Waals surface area contributed by atoms with Crippen molar-refractivity contribution in [3.63, 3.8) is 0 Å². The van der Waals surface area contributed by atoms with Gasteiger partial charge in [0.05, 0.1) is 0 Å². The zero-order chi connectivity index (χ0) is 33.1. The lowest BCUT2D eigenvalue weighted by molar-refractivity contribution is 0.399. The van der Waals surface area contributed by atoms with Gasteiger partial charge in [0, 0.05) is 27.9 Å². The summed E-state index contributed by atoms with van der Waals surface area (Å²) in [6, 6.07) is 49.1. The molecule has 0 radical (unpaired) electrons. The Kier molecular flexibility index (Phi) is 6.12. The van der Waals surface area contributed by atoms with Crippen LogP contribution in [0.1, 0.15) is 98.6 Å². The summed E-state index contributed by atoms with van der Waals surface area (Å²) < 4.78 is 0. The van der Waals surface area contributed by atoms with E-state index in [0.29, 0.717) is 11.8 Å². The molecule has 6 aromatic carbocycles. The third-order valence-corrected chi connectivity index (χ3v) is 12.8. The number of hydrogen-bond acceptors (Lipinski definition) is 1. The average molecular weight is 634 g/mol. The average Bonchev–Trinajstić information content (AvgIpc) is 3.47. The molecule has 0 amide bonds. The molecular weight excluding hydrogens is 591 g/mol. The Balaban J connectivity index is 1.19. The molecule has 0 heterocycles. The lowest BCUT2D eigenvalue weighted by atomic mass is 9.77. The van der Waals surface area contributed by atoms with Gasteiger partial charge in [-0.1, -0.05) is 125 Å². The van der Waals surface area contributed by atoms with Crippen LogP contribution in [0.25, 0.3) is 33.4 Å². The Morgan fingerprint density at radius 1 is 0.429 bits per heavy atom. The van der Waals surface area contributed by atoms with Crippen LogP contribution in [0.5, 0.6) is 0 Å². The molecule has 2 unspecified atom stereocenters. The molecule has 1 nitrogen and oxygen atoms in total. The molecule has 0 saturated heterocycles. The predicted molar refractivity (Wildman–Crippen MR) is 206 cm³/mol. The van der Waals surface area contributed by atoms with Crippen LogP contribution in [0, 0.1) is 0 Å². The Morgan fingerprint density at radius 2 is 0.878 bits per heavy atom. The Hall–Kier alpha value is -4.88. The Bertz CT molecular complexity index is 2210. The van der Waals surface area contributed by atoms with Crippen LogP contribution in [-0.4, -0.2) is 0 Å². The Labute approximate surface area is 291 Å². The molecule has 6 aromatic rings. The van der Waals surface area contributed by atoms with E-state index >= 15 is 0 Å². The zero-order valence-electron chi connectivity index (χ0n) is 29.1. The molecule has 4 aliphatic carbocycles. The lowest BCUT2D eigenvalue weighted by Gasteiger charge is -2.31. The number of hydrogen-bond donors (Lipinski definition) is 0. The molecular formula is C48H43N. The summed E-state index contributed by atoms with van der Waals surface area (Å²) in [6.45, 7) is 9.55. The van der Waals surface area contributed by atoms with Crippen molar-refractivity contribution in [2.45, 2.75) is 76.0 Å². The van der Waals surface area contributed by atoms with Crippen LogP contribution in [0.15, 0.2) is 127 Å². The standard InChI is InChI=1S/C48H43N/c1-47(2)43-18-9-7-16-38(43)40-24-21-33(28-45(40)47)49(34-22-25-41-39-17-8-10-19-44(39)48(3,4)46(41)29-34)32-20-23-36-31-13-11-12-30(26-31)35-14-5-6-15-37(35)42(36)27-32/h5-10,14-25,27-31H,11-13,26H2,1-4H3. The fraction of sp³-hybridized carbons (Fsp3) is 0.250. The molecule has 2 bridgehead atoms. The van der Waals surface area contributed by atoms with E-state index in [1.165, 1.54) is 104 Å². The van der Waals surface area contributed by atoms with Gasteiger partial charge in [0.1, 0.15) is 0 Å². The van der Waals surface area contributed by atoms with Crippen LogP contribution in [0.2, 0.25) is 0 Å². The summed E-state index contributed by atoms with van der Waals surface area (Å²) in [6.07, 6.45) is 5.19. The molecule has 1 fully saturated rings. The van der Waals surface area contributed by atoms with Gasteiger partial charge in [0.2, 0.25) is 0 Å². The molecule has 0 aromatic heterocycles. The highest BCUT2D eigenvalue weighted by molar-refractivity contribution is 5.89. The van der Waals surface area contributed by atoms with Crippen LogP contribution in [0.3, 0.4) is 0 Å². The highest BCUT2D eigenvalue weighted by Crippen LogP contribution is 2.55. The zero-order valence-corrected chi connectivity index (χ0v) is 29.1. The molecule has 0 N–H and O–H groups in total. The maximum absolute atomic E-state index is 2.54. The van der Waals surface area contributed by atoms with Gasteiger partial charge in [-0.15, -0.1) is 0 Å². The molecule has 1 heteroatoms. The van der Waals surface area contributed by atoms with Crippen LogP contribution >= 0.6 is 0 Å². The third kappa shape index (κ3) is 4.11. The van der Waals surface area contributed by atoms with Gasteiger partial charge in [0.15, 0.2) is 0 Å². The molecule has 1 saturated carbocycles. The smallest absolute Gasteiger partial charge is 0.0468 e. The first-order valence-electron chi connectivity index (χ1n) is 18.3. The van der Waals surface area contributed by atoms with Crippen molar-refractivity contribution in [2.24, 2.45) is 0 Å². The minimum Gasteiger partial charge on any atom is -0.310 e. The number of anilines is 3. The maximum Gasteiger partial charge on any atom is 0.0468 e. The number of rotatable bonds is 3. The molecule has 4 aliphatic rings. The minimum atomic E-state index is -0.0701. The second-order valence-electron chi connectivity index (χ2n) is 16.1. The van der Waals surface area contributed by atoms with Crippen molar-refractivity contribution in [2.75, 3.05) is 4.90 Å². The highest BCUT2D eigenvalue weighted by atomic mass is 15.1. The SMILES string of the molecule is CC1(C)c2ccccc2-c2ccc(N(c3ccc4c(c3)-c3ccccc3C3CCCC4C3)c3ccc4c(c3)C(C)(C)c3ccccc3-4)cc21. The molecule has 0 aliphatic heterocycles. The number of nitrogens with zero attached hydrogens (tertiary/aromatic N) is 1. The van der Waals surface area contributed by atoms with E-state index < -0.39 is 0 Å². The van der Waals surface area contributed by atoms with Gasteiger partial charge in [-0.2, -0.15) is 0 Å². The first-order chi connectivity index (χ1) is 23.8. The van der Waals surface area contributed by atoms with E-state index in [2.05, 4.69) is 160 Å². The summed E-state index contributed by atoms with van der Waals surface area (Å²) in [5.74, 6) is 1.28. The molecule has 2 atom stereocenters. The summed E-state index contributed by atoms with van der Waals surface area (Å²) in [5.41, 5.74) is 20.5. The van der Waals surface area contributed by atoms with E-state index in [-0.39, 0.29) is 10.8 Å². The fourth-order valence-corrected chi connectivity index (χ4v) is 10.2. The van der Waals surface area contributed by atoms with Crippen LogP contribution in [0.4, 0.5) is 17.1 Å². The Morgan fingerprint density at radius 3 is 1.47 bits per heavy atom. The van der Waals surface area contributed by atoms with Gasteiger partial charge in [-0.3, -0.25) is 0 Å². The van der Waals surface area contributed by atoms with Gasteiger partial charge in [0.25, 0.3) is 0 Å². The van der Waals surface area contributed by atoms with Crippen molar-refractivity contribution in [3.05, 3.63) is 161 Å². The van der Waals surface area contributed by atoms with Crippen molar-refractivity contribution < 1.29 is 0 Å². The molecule has 0 spiro atoms. The first-order valence-corrected chi connectivity index (χ1v) is 18.3. The quantitative estimate of drug-likeness (QED) is 0.187. The molecule has 49 heavy (non-hydrogen) atoms. The summed E-state index contributed by atoms with van der Waals surface area (Å²) in [5, 5.41) is 0. The normalized spacial score (nSPS) is 19.8. The predicted octanol–water partition coefficient (Wildman–Crippen LogP) is 13.2. The second-order valence-corrected chi connectivity index (χ2v) is 16.1. The molecule has 240 valence electrons. The van der Waals surface area contributed by atoms with Crippen molar-refractivity contribution in [3.8, 4) is 33.4 Å². The van der Waals surface area contributed by atoms with Crippen molar-refractivity contribution in [1.82, 2.24) is 0 Å². The minimum absolute atomic E-state index is 0.0701.